The van der Waals surface area contributed by atoms with Gasteiger partial charge in [0.2, 0.25) is 0 Å². The molecule has 0 amide bonds. The van der Waals surface area contributed by atoms with Crippen LogP contribution in [-0.2, 0) is 17.6 Å². The summed E-state index contributed by atoms with van der Waals surface area (Å²) in [5, 5.41) is 13.3. The van der Waals surface area contributed by atoms with Gasteiger partial charge in [-0.25, -0.2) is 0 Å². The number of thiazole rings is 1. The summed E-state index contributed by atoms with van der Waals surface area (Å²) < 4.78 is 6.60. The fraction of sp³-hybridized carbons (Fsp3) is 0.458. The molecule has 0 saturated heterocycles. The molecule has 2 aromatic carbocycles. The van der Waals surface area contributed by atoms with Gasteiger partial charge in [-0.2, -0.15) is 0 Å². The molecule has 0 fully saturated rings. The van der Waals surface area contributed by atoms with Gasteiger partial charge in [-0.1, -0.05) is 67.0 Å². The van der Waals surface area contributed by atoms with Crippen molar-refractivity contribution < 1.29 is 9.84 Å². The van der Waals surface area contributed by atoms with Crippen LogP contribution in [0, 0.1) is 0 Å². The Balaban J connectivity index is 1.16. The standard InChI is InChI=1S/C24H32N2O3S/c27-21-12-11-20(23-22(21)26-24(28)30-23)13-16-25-15-7-2-1-3-8-17-29-18-14-19-9-5-4-6-10-19/h4-6,9-12,25,27H,1-3,7-8,13-18H2,(H,26,28). The maximum Gasteiger partial charge on any atom is 0.305 e. The number of benzene rings is 2. The highest BCUT2D eigenvalue weighted by atomic mass is 32.1. The van der Waals surface area contributed by atoms with Crippen molar-refractivity contribution in [3.05, 3.63) is 63.3 Å². The van der Waals surface area contributed by atoms with Crippen LogP contribution >= 0.6 is 11.3 Å². The number of aromatic hydroxyl groups is 1. The molecule has 6 heteroatoms. The van der Waals surface area contributed by atoms with E-state index >= 15 is 0 Å². The van der Waals surface area contributed by atoms with E-state index in [1.165, 1.54) is 42.6 Å². The summed E-state index contributed by atoms with van der Waals surface area (Å²) in [6.45, 7) is 3.55. The lowest BCUT2D eigenvalue weighted by Gasteiger charge is -2.07. The van der Waals surface area contributed by atoms with Gasteiger partial charge in [0, 0.05) is 6.61 Å². The van der Waals surface area contributed by atoms with Crippen molar-refractivity contribution >= 4 is 21.6 Å². The smallest absolute Gasteiger partial charge is 0.305 e. The van der Waals surface area contributed by atoms with E-state index in [4.69, 9.17) is 4.74 Å². The van der Waals surface area contributed by atoms with Crippen LogP contribution < -0.4 is 10.2 Å². The molecule has 0 unspecified atom stereocenters. The van der Waals surface area contributed by atoms with Gasteiger partial charge in [-0.3, -0.25) is 4.79 Å². The monoisotopic (exact) mass is 428 g/mol. The maximum absolute atomic E-state index is 11.6. The van der Waals surface area contributed by atoms with E-state index in [1.54, 1.807) is 6.07 Å². The minimum absolute atomic E-state index is 0.123. The topological polar surface area (TPSA) is 74.4 Å². The maximum atomic E-state index is 11.6. The summed E-state index contributed by atoms with van der Waals surface area (Å²) in [5.41, 5.74) is 3.00. The van der Waals surface area contributed by atoms with Gasteiger partial charge in [-0.05, 0) is 56.0 Å². The van der Waals surface area contributed by atoms with Crippen LogP contribution in [0.5, 0.6) is 5.75 Å². The largest absolute Gasteiger partial charge is 0.506 e. The number of fused-ring (bicyclic) bond motifs is 1. The molecule has 0 atom stereocenters. The number of phenols is 1. The fourth-order valence-electron chi connectivity index (χ4n) is 3.54. The SMILES string of the molecule is O=c1[nH]c2c(O)ccc(CCNCCCCCCCOCCc3ccccc3)c2s1. The Morgan fingerprint density at radius 2 is 1.70 bits per heavy atom. The lowest BCUT2D eigenvalue weighted by Crippen LogP contribution is -2.18. The second kappa shape index (κ2) is 12.5. The quantitative estimate of drug-likeness (QED) is 0.327. The minimum atomic E-state index is -0.123. The fourth-order valence-corrected chi connectivity index (χ4v) is 4.44. The van der Waals surface area contributed by atoms with Crippen LogP contribution in [-0.4, -0.2) is 36.4 Å². The van der Waals surface area contributed by atoms with Crippen molar-refractivity contribution in [3.63, 3.8) is 0 Å². The van der Waals surface area contributed by atoms with E-state index in [-0.39, 0.29) is 10.6 Å². The molecule has 3 aromatic rings. The Hall–Kier alpha value is -2.15. The van der Waals surface area contributed by atoms with E-state index in [0.717, 1.165) is 55.8 Å². The van der Waals surface area contributed by atoms with Gasteiger partial charge < -0.3 is 20.1 Å². The second-order valence-corrected chi connectivity index (χ2v) is 8.56. The highest BCUT2D eigenvalue weighted by molar-refractivity contribution is 7.16. The lowest BCUT2D eigenvalue weighted by molar-refractivity contribution is 0.133. The molecular formula is C24H32N2O3S. The number of nitrogens with one attached hydrogen (secondary N) is 2. The Kier molecular flexibility index (Phi) is 9.41. The minimum Gasteiger partial charge on any atom is -0.506 e. The third kappa shape index (κ3) is 7.27. The van der Waals surface area contributed by atoms with Crippen LogP contribution in [0.25, 0.3) is 10.2 Å². The number of hydrogen-bond acceptors (Lipinski definition) is 5. The summed E-state index contributed by atoms with van der Waals surface area (Å²) in [7, 11) is 0. The van der Waals surface area contributed by atoms with E-state index in [9.17, 15) is 9.90 Å². The van der Waals surface area contributed by atoms with Crippen molar-refractivity contribution in [1.82, 2.24) is 10.3 Å². The second-order valence-electron chi connectivity index (χ2n) is 7.58. The molecule has 0 bridgehead atoms. The summed E-state index contributed by atoms with van der Waals surface area (Å²) in [6.07, 6.45) is 7.87. The molecule has 1 heterocycles. The normalized spacial score (nSPS) is 11.3. The predicted molar refractivity (Wildman–Crippen MR) is 125 cm³/mol. The van der Waals surface area contributed by atoms with E-state index < -0.39 is 0 Å². The first-order valence-electron chi connectivity index (χ1n) is 10.9. The van der Waals surface area contributed by atoms with E-state index in [1.807, 2.05) is 12.1 Å². The van der Waals surface area contributed by atoms with Gasteiger partial charge in [0.25, 0.3) is 0 Å². The first kappa shape index (κ1) is 22.5. The van der Waals surface area contributed by atoms with Crippen molar-refractivity contribution in [2.24, 2.45) is 0 Å². The molecule has 5 nitrogen and oxygen atoms in total. The predicted octanol–water partition coefficient (Wildman–Crippen LogP) is 4.64. The number of phenolic OH excluding ortho intramolecular Hbond substituents is 1. The zero-order valence-electron chi connectivity index (χ0n) is 17.5. The molecule has 0 aliphatic heterocycles. The number of aromatic nitrogens is 1. The van der Waals surface area contributed by atoms with Crippen molar-refractivity contribution in [2.45, 2.75) is 44.9 Å². The number of H-pyrrole nitrogens is 1. The average Bonchev–Trinajstić information content (AvgIpc) is 3.16. The summed E-state index contributed by atoms with van der Waals surface area (Å²) >= 11 is 1.17. The Labute approximate surface area is 182 Å². The molecule has 1 aromatic heterocycles. The molecule has 0 saturated carbocycles. The lowest BCUT2D eigenvalue weighted by atomic mass is 10.1. The third-order valence-electron chi connectivity index (χ3n) is 5.23. The summed E-state index contributed by atoms with van der Waals surface area (Å²) in [5.74, 6) is 0.140. The van der Waals surface area contributed by atoms with E-state index in [0.29, 0.717) is 5.52 Å². The molecule has 0 aliphatic carbocycles. The van der Waals surface area contributed by atoms with Crippen LogP contribution in [0.4, 0.5) is 0 Å². The van der Waals surface area contributed by atoms with Gasteiger partial charge in [-0.15, -0.1) is 0 Å². The Morgan fingerprint density at radius 1 is 0.900 bits per heavy atom. The van der Waals surface area contributed by atoms with Crippen molar-refractivity contribution in [1.29, 1.82) is 0 Å². The average molecular weight is 429 g/mol. The van der Waals surface area contributed by atoms with Gasteiger partial charge >= 0.3 is 4.87 Å². The molecule has 0 aliphatic rings. The first-order valence-corrected chi connectivity index (χ1v) is 11.7. The highest BCUT2D eigenvalue weighted by Gasteiger charge is 2.09. The Bertz CT molecular complexity index is 937. The van der Waals surface area contributed by atoms with Crippen LogP contribution in [0.15, 0.2) is 47.3 Å². The number of hydrogen-bond donors (Lipinski definition) is 3. The summed E-state index contributed by atoms with van der Waals surface area (Å²) in [4.78, 5) is 14.1. The summed E-state index contributed by atoms with van der Waals surface area (Å²) in [6, 6.07) is 14.0. The third-order valence-corrected chi connectivity index (χ3v) is 6.19. The van der Waals surface area contributed by atoms with Gasteiger partial charge in [0.1, 0.15) is 11.3 Å². The van der Waals surface area contributed by atoms with Gasteiger partial charge in [0.05, 0.1) is 11.3 Å². The van der Waals surface area contributed by atoms with Crippen LogP contribution in [0.2, 0.25) is 0 Å². The van der Waals surface area contributed by atoms with Crippen LogP contribution in [0.3, 0.4) is 0 Å². The number of ether oxygens (including phenoxy) is 1. The number of unbranched alkanes of at least 4 members (excludes halogenated alkanes) is 4. The zero-order chi connectivity index (χ0) is 21.0. The highest BCUT2D eigenvalue weighted by Crippen LogP contribution is 2.27. The number of aromatic amines is 1. The molecule has 30 heavy (non-hydrogen) atoms. The molecule has 0 radical (unpaired) electrons. The Morgan fingerprint density at radius 3 is 2.57 bits per heavy atom. The molecule has 3 rings (SSSR count). The van der Waals surface area contributed by atoms with Crippen molar-refractivity contribution in [2.75, 3.05) is 26.3 Å². The molecular weight excluding hydrogens is 396 g/mol. The zero-order valence-corrected chi connectivity index (χ0v) is 18.3. The van der Waals surface area contributed by atoms with Gasteiger partial charge in [0.15, 0.2) is 0 Å². The molecule has 162 valence electrons. The molecule has 0 spiro atoms. The van der Waals surface area contributed by atoms with Crippen molar-refractivity contribution in [3.8, 4) is 5.75 Å². The number of rotatable bonds is 14. The first-order chi connectivity index (χ1) is 14.7. The molecule has 3 N–H and O–H groups in total. The van der Waals surface area contributed by atoms with Crippen LogP contribution in [0.1, 0.15) is 43.2 Å². The van der Waals surface area contributed by atoms with E-state index in [2.05, 4.69) is 34.6 Å².